The maximum atomic E-state index is 12.2. The topological polar surface area (TPSA) is 74.2 Å². The average molecular weight is 335 g/mol. The third-order valence-electron chi connectivity index (χ3n) is 4.32. The summed E-state index contributed by atoms with van der Waals surface area (Å²) in [4.78, 5) is 12.2. The smallest absolute Gasteiger partial charge is 0.240 e. The Morgan fingerprint density at radius 1 is 1.20 bits per heavy atom. The quantitative estimate of drug-likeness (QED) is 0.809. The van der Waals surface area contributed by atoms with Crippen molar-refractivity contribution in [3.05, 3.63) is 54.6 Å². The molecule has 25 heavy (non-hydrogen) atoms. The fourth-order valence-electron chi connectivity index (χ4n) is 2.71. The van der Waals surface area contributed by atoms with Gasteiger partial charge in [-0.3, -0.25) is 4.79 Å². The van der Waals surface area contributed by atoms with Crippen LogP contribution in [0.2, 0.25) is 0 Å². The largest absolute Gasteiger partial charge is 0.455 e. The zero-order valence-electron chi connectivity index (χ0n) is 14.2. The molecule has 0 spiro atoms. The van der Waals surface area contributed by atoms with Gasteiger partial charge in [-0.05, 0) is 49.9 Å². The van der Waals surface area contributed by atoms with Crippen molar-refractivity contribution in [1.82, 2.24) is 5.32 Å². The van der Waals surface area contributed by atoms with E-state index in [2.05, 4.69) is 16.7 Å². The minimum atomic E-state index is -0.779. The van der Waals surface area contributed by atoms with Crippen molar-refractivity contribution in [3.63, 3.8) is 0 Å². The molecule has 1 atom stereocenters. The molecule has 5 heteroatoms. The summed E-state index contributed by atoms with van der Waals surface area (Å²) in [6.45, 7) is 1.87. The number of anilines is 1. The summed E-state index contributed by atoms with van der Waals surface area (Å²) < 4.78 is 5.87. The molecule has 3 rings (SSSR count). The van der Waals surface area contributed by atoms with Gasteiger partial charge in [-0.1, -0.05) is 30.3 Å². The van der Waals surface area contributed by atoms with Gasteiger partial charge in [0.05, 0.1) is 18.3 Å². The van der Waals surface area contributed by atoms with E-state index >= 15 is 0 Å². The van der Waals surface area contributed by atoms with Gasteiger partial charge in [-0.15, -0.1) is 0 Å². The number of nitrogens with one attached hydrogen (secondary N) is 2. The Labute approximate surface area is 147 Å². The number of para-hydroxylation sites is 3. The Hall–Kier alpha value is -3.00. The molecule has 0 bridgehead atoms. The second kappa shape index (κ2) is 7.27. The number of rotatable bonds is 7. The van der Waals surface area contributed by atoms with Gasteiger partial charge in [0.2, 0.25) is 5.91 Å². The molecule has 0 radical (unpaired) electrons. The summed E-state index contributed by atoms with van der Waals surface area (Å²) in [6, 6.07) is 19.2. The molecule has 2 N–H and O–H groups in total. The van der Waals surface area contributed by atoms with E-state index in [0.29, 0.717) is 5.75 Å². The summed E-state index contributed by atoms with van der Waals surface area (Å²) in [6.07, 6.45) is 1.98. The fraction of sp³-hybridized carbons (Fsp3) is 0.300. The summed E-state index contributed by atoms with van der Waals surface area (Å²) >= 11 is 0. The highest BCUT2D eigenvalue weighted by molar-refractivity contribution is 5.82. The lowest BCUT2D eigenvalue weighted by molar-refractivity contribution is -0.120. The van der Waals surface area contributed by atoms with Gasteiger partial charge in [0.25, 0.3) is 0 Å². The molecule has 2 aromatic carbocycles. The van der Waals surface area contributed by atoms with Gasteiger partial charge >= 0.3 is 0 Å². The lowest BCUT2D eigenvalue weighted by Crippen LogP contribution is -2.48. The molecule has 1 amide bonds. The van der Waals surface area contributed by atoms with Gasteiger partial charge in [0, 0.05) is 0 Å². The van der Waals surface area contributed by atoms with E-state index in [1.54, 1.807) is 6.92 Å². The number of hydrogen-bond donors (Lipinski definition) is 2. The van der Waals surface area contributed by atoms with Crippen molar-refractivity contribution < 1.29 is 9.53 Å². The van der Waals surface area contributed by atoms with Gasteiger partial charge in [0.15, 0.2) is 5.75 Å². The normalized spacial score (nSPS) is 15.5. The maximum Gasteiger partial charge on any atom is 0.240 e. The Morgan fingerprint density at radius 2 is 1.88 bits per heavy atom. The third kappa shape index (κ3) is 4.30. The number of carbonyl (C=O) groups excluding carboxylic acids is 1. The first-order chi connectivity index (χ1) is 12.1. The zero-order chi connectivity index (χ0) is 17.7. The van der Waals surface area contributed by atoms with E-state index in [9.17, 15) is 10.1 Å². The molecule has 0 heterocycles. The van der Waals surface area contributed by atoms with Crippen LogP contribution in [0.5, 0.6) is 11.5 Å². The Morgan fingerprint density at radius 3 is 2.56 bits per heavy atom. The second-order valence-corrected chi connectivity index (χ2v) is 6.40. The van der Waals surface area contributed by atoms with Crippen molar-refractivity contribution in [2.24, 2.45) is 5.92 Å². The van der Waals surface area contributed by atoms with Crippen molar-refractivity contribution >= 4 is 11.6 Å². The number of nitriles is 1. The molecule has 1 aliphatic rings. The lowest BCUT2D eigenvalue weighted by Gasteiger charge is -2.23. The standard InChI is InChI=1S/C20H21N3O2/c1-20(14-21,15-11-12-15)23-19(24)13-22-17-9-5-6-10-18(17)25-16-7-3-2-4-8-16/h2-10,15,22H,11-13H2,1H3,(H,23,24). The fourth-order valence-corrected chi connectivity index (χ4v) is 2.71. The number of nitrogens with zero attached hydrogens (tertiary/aromatic N) is 1. The summed E-state index contributed by atoms with van der Waals surface area (Å²) in [5.74, 6) is 1.43. The molecule has 1 unspecified atom stereocenters. The van der Waals surface area contributed by atoms with Crippen molar-refractivity contribution in [2.45, 2.75) is 25.3 Å². The van der Waals surface area contributed by atoms with Gasteiger partial charge in [-0.2, -0.15) is 5.26 Å². The predicted octanol–water partition coefficient (Wildman–Crippen LogP) is 3.70. The summed E-state index contributed by atoms with van der Waals surface area (Å²) in [5, 5.41) is 15.3. The first kappa shape index (κ1) is 16.8. The average Bonchev–Trinajstić information content (AvgIpc) is 3.47. The number of amides is 1. The highest BCUT2D eigenvalue weighted by Crippen LogP contribution is 2.39. The van der Waals surface area contributed by atoms with Crippen LogP contribution in [-0.4, -0.2) is 18.0 Å². The molecule has 0 aliphatic heterocycles. The summed E-state index contributed by atoms with van der Waals surface area (Å²) in [5.41, 5.74) is -0.0506. The van der Waals surface area contributed by atoms with E-state index in [4.69, 9.17) is 4.74 Å². The predicted molar refractivity (Wildman–Crippen MR) is 96.3 cm³/mol. The van der Waals surface area contributed by atoms with Crippen LogP contribution in [0, 0.1) is 17.2 Å². The van der Waals surface area contributed by atoms with Crippen LogP contribution in [-0.2, 0) is 4.79 Å². The van der Waals surface area contributed by atoms with Crippen LogP contribution < -0.4 is 15.4 Å². The van der Waals surface area contributed by atoms with Crippen LogP contribution in [0.15, 0.2) is 54.6 Å². The van der Waals surface area contributed by atoms with E-state index < -0.39 is 5.54 Å². The van der Waals surface area contributed by atoms with E-state index in [1.807, 2.05) is 54.6 Å². The maximum absolute atomic E-state index is 12.2. The van der Waals surface area contributed by atoms with Crippen LogP contribution in [0.1, 0.15) is 19.8 Å². The second-order valence-electron chi connectivity index (χ2n) is 6.40. The Balaban J connectivity index is 1.61. The highest BCUT2D eigenvalue weighted by atomic mass is 16.5. The minimum Gasteiger partial charge on any atom is -0.455 e. The van der Waals surface area contributed by atoms with Crippen LogP contribution in [0.4, 0.5) is 5.69 Å². The SMILES string of the molecule is CC(C#N)(NC(=O)CNc1ccccc1Oc1ccccc1)C1CC1. The number of carbonyl (C=O) groups is 1. The number of ether oxygens (including phenoxy) is 1. The molecule has 1 aliphatic carbocycles. The van der Waals surface area contributed by atoms with E-state index in [1.165, 1.54) is 0 Å². The zero-order valence-corrected chi connectivity index (χ0v) is 14.2. The van der Waals surface area contributed by atoms with Gasteiger partial charge in [0.1, 0.15) is 11.3 Å². The highest BCUT2D eigenvalue weighted by Gasteiger charge is 2.42. The van der Waals surface area contributed by atoms with Crippen LogP contribution in [0.25, 0.3) is 0 Å². The van der Waals surface area contributed by atoms with Crippen molar-refractivity contribution in [3.8, 4) is 17.6 Å². The molecule has 5 nitrogen and oxygen atoms in total. The lowest BCUT2D eigenvalue weighted by atomic mass is 9.98. The summed E-state index contributed by atoms with van der Waals surface area (Å²) in [7, 11) is 0. The number of hydrogen-bond acceptors (Lipinski definition) is 4. The monoisotopic (exact) mass is 335 g/mol. The molecule has 0 aromatic heterocycles. The first-order valence-corrected chi connectivity index (χ1v) is 8.39. The van der Waals surface area contributed by atoms with Gasteiger partial charge in [-0.25, -0.2) is 0 Å². The van der Waals surface area contributed by atoms with Crippen molar-refractivity contribution in [2.75, 3.05) is 11.9 Å². The van der Waals surface area contributed by atoms with Gasteiger partial charge < -0.3 is 15.4 Å². The van der Waals surface area contributed by atoms with Crippen molar-refractivity contribution in [1.29, 1.82) is 5.26 Å². The first-order valence-electron chi connectivity index (χ1n) is 8.39. The minimum absolute atomic E-state index is 0.0825. The molecule has 128 valence electrons. The van der Waals surface area contributed by atoms with Crippen LogP contribution >= 0.6 is 0 Å². The molecular weight excluding hydrogens is 314 g/mol. The van der Waals surface area contributed by atoms with E-state index in [-0.39, 0.29) is 18.4 Å². The molecule has 1 saturated carbocycles. The van der Waals surface area contributed by atoms with E-state index in [0.717, 1.165) is 24.3 Å². The number of benzene rings is 2. The molecule has 1 fully saturated rings. The Kier molecular flexibility index (Phi) is 4.90. The molecule has 2 aromatic rings. The van der Waals surface area contributed by atoms with Crippen LogP contribution in [0.3, 0.4) is 0 Å². The Bertz CT molecular complexity index is 781. The third-order valence-corrected chi connectivity index (χ3v) is 4.32. The molecule has 0 saturated heterocycles. The molecular formula is C20H21N3O2.